The van der Waals surface area contributed by atoms with E-state index in [9.17, 15) is 0 Å². The van der Waals surface area contributed by atoms with Gasteiger partial charge in [-0.05, 0) is 12.1 Å². The van der Waals surface area contributed by atoms with Crippen LogP contribution in [-0.2, 0) is 13.1 Å². The lowest BCUT2D eigenvalue weighted by Crippen LogP contribution is -2.19. The van der Waals surface area contributed by atoms with Crippen LogP contribution >= 0.6 is 0 Å². The minimum absolute atomic E-state index is 0.115. The zero-order chi connectivity index (χ0) is 18.5. The van der Waals surface area contributed by atoms with E-state index < -0.39 is 0 Å². The van der Waals surface area contributed by atoms with Crippen LogP contribution in [0.4, 0.5) is 0 Å². The Morgan fingerprint density at radius 1 is 0.654 bits per heavy atom. The van der Waals surface area contributed by atoms with Gasteiger partial charge in [0.25, 0.3) is 0 Å². The summed E-state index contributed by atoms with van der Waals surface area (Å²) in [5.41, 5.74) is 2.10. The second-order valence-electron chi connectivity index (χ2n) is 5.71. The lowest BCUT2D eigenvalue weighted by atomic mass is 10.2. The van der Waals surface area contributed by atoms with Gasteiger partial charge >= 0.3 is 0 Å². The number of aliphatic hydroxyl groups excluding tert-OH is 2. The molecule has 26 heavy (non-hydrogen) atoms. The van der Waals surface area contributed by atoms with Crippen LogP contribution in [0.2, 0.25) is 0 Å². The Morgan fingerprint density at radius 3 is 1.50 bits per heavy atom. The van der Waals surface area contributed by atoms with Gasteiger partial charge < -0.3 is 30.3 Å². The van der Waals surface area contributed by atoms with Gasteiger partial charge in [0, 0.05) is 37.3 Å². The summed E-state index contributed by atoms with van der Waals surface area (Å²) in [6.07, 6.45) is 0. The topological polar surface area (TPSA) is 83.0 Å². The molecule has 2 aromatic carbocycles. The normalized spacial score (nSPS) is 10.7. The van der Waals surface area contributed by atoms with Gasteiger partial charge in [-0.2, -0.15) is 0 Å². The molecule has 0 unspecified atom stereocenters. The Labute approximate surface area is 154 Å². The van der Waals surface area contributed by atoms with Crippen molar-refractivity contribution in [1.29, 1.82) is 0 Å². The fourth-order valence-electron chi connectivity index (χ4n) is 2.49. The lowest BCUT2D eigenvalue weighted by Gasteiger charge is -2.14. The van der Waals surface area contributed by atoms with Gasteiger partial charge in [-0.1, -0.05) is 36.4 Å². The van der Waals surface area contributed by atoms with Crippen LogP contribution < -0.4 is 20.1 Å². The second-order valence-corrected chi connectivity index (χ2v) is 5.71. The molecular formula is C20H28N2O4. The van der Waals surface area contributed by atoms with Crippen molar-refractivity contribution >= 4 is 0 Å². The van der Waals surface area contributed by atoms with Crippen LogP contribution in [0.3, 0.4) is 0 Å². The summed E-state index contributed by atoms with van der Waals surface area (Å²) in [6, 6.07) is 15.7. The highest BCUT2D eigenvalue weighted by Crippen LogP contribution is 2.19. The fraction of sp³-hybridized carbons (Fsp3) is 0.400. The van der Waals surface area contributed by atoms with Gasteiger partial charge in [0.1, 0.15) is 24.7 Å². The molecule has 4 N–H and O–H groups in total. The number of ether oxygens (including phenoxy) is 2. The maximum Gasteiger partial charge on any atom is 0.123 e. The van der Waals surface area contributed by atoms with Crippen molar-refractivity contribution in [3.63, 3.8) is 0 Å². The summed E-state index contributed by atoms with van der Waals surface area (Å²) in [6.45, 7) is 3.52. The molecule has 0 atom stereocenters. The first-order chi connectivity index (χ1) is 12.8. The largest absolute Gasteiger partial charge is 0.490 e. The van der Waals surface area contributed by atoms with E-state index in [4.69, 9.17) is 19.7 Å². The maximum absolute atomic E-state index is 8.86. The molecule has 0 fully saturated rings. The number of benzene rings is 2. The van der Waals surface area contributed by atoms with Crippen LogP contribution in [0.5, 0.6) is 11.5 Å². The molecule has 0 aromatic heterocycles. The lowest BCUT2D eigenvalue weighted by molar-refractivity contribution is 0.214. The van der Waals surface area contributed by atoms with E-state index in [1.54, 1.807) is 0 Å². The molecule has 6 heteroatoms. The molecule has 0 radical (unpaired) electrons. The Hall–Kier alpha value is -2.12. The van der Waals surface area contributed by atoms with E-state index in [0.29, 0.717) is 39.4 Å². The smallest absolute Gasteiger partial charge is 0.123 e. The zero-order valence-corrected chi connectivity index (χ0v) is 15.0. The first-order valence-corrected chi connectivity index (χ1v) is 8.89. The first kappa shape index (κ1) is 20.2. The van der Waals surface area contributed by atoms with E-state index in [1.807, 2.05) is 48.5 Å². The van der Waals surface area contributed by atoms with Crippen LogP contribution in [-0.4, -0.2) is 49.7 Å². The SMILES string of the molecule is OCCNCc1ccccc1OCCOc1ccccc1CNCCO. The molecule has 2 rings (SSSR count). The standard InChI is InChI=1S/C20H28N2O4/c23-11-9-21-15-17-5-1-3-7-19(17)25-13-14-26-20-8-4-2-6-18(20)16-22-10-12-24/h1-8,21-24H,9-16H2. The van der Waals surface area contributed by atoms with Gasteiger partial charge in [0.2, 0.25) is 0 Å². The van der Waals surface area contributed by atoms with Gasteiger partial charge in [0.15, 0.2) is 0 Å². The second kappa shape index (κ2) is 12.3. The Kier molecular flexibility index (Phi) is 9.53. The maximum atomic E-state index is 8.86. The molecule has 0 saturated heterocycles. The number of para-hydroxylation sites is 2. The average molecular weight is 360 g/mol. The van der Waals surface area contributed by atoms with Gasteiger partial charge in [-0.15, -0.1) is 0 Å². The summed E-state index contributed by atoms with van der Waals surface area (Å²) in [4.78, 5) is 0. The predicted molar refractivity (Wildman–Crippen MR) is 101 cm³/mol. The van der Waals surface area contributed by atoms with Crippen LogP contribution in [0.1, 0.15) is 11.1 Å². The van der Waals surface area contributed by atoms with Crippen molar-refractivity contribution in [2.45, 2.75) is 13.1 Å². The van der Waals surface area contributed by atoms with Crippen LogP contribution in [0, 0.1) is 0 Å². The van der Waals surface area contributed by atoms with Gasteiger partial charge in [-0.3, -0.25) is 0 Å². The molecule has 0 aliphatic carbocycles. The molecule has 0 heterocycles. The van der Waals surface area contributed by atoms with Gasteiger partial charge in [0.05, 0.1) is 13.2 Å². The van der Waals surface area contributed by atoms with Crippen molar-refractivity contribution in [1.82, 2.24) is 10.6 Å². The van der Waals surface area contributed by atoms with Crippen molar-refractivity contribution < 1.29 is 19.7 Å². The third-order valence-electron chi connectivity index (χ3n) is 3.75. The number of hydrogen-bond acceptors (Lipinski definition) is 6. The summed E-state index contributed by atoms with van der Waals surface area (Å²) >= 11 is 0. The molecule has 142 valence electrons. The fourth-order valence-corrected chi connectivity index (χ4v) is 2.49. The van der Waals surface area contributed by atoms with Crippen molar-refractivity contribution in [2.24, 2.45) is 0 Å². The molecule has 0 saturated carbocycles. The summed E-state index contributed by atoms with van der Waals surface area (Å²) in [5.74, 6) is 1.64. The Morgan fingerprint density at radius 2 is 1.08 bits per heavy atom. The number of rotatable bonds is 13. The summed E-state index contributed by atoms with van der Waals surface area (Å²) in [5, 5.41) is 24.0. The average Bonchev–Trinajstić information content (AvgIpc) is 2.68. The van der Waals surface area contributed by atoms with Crippen molar-refractivity contribution in [3.05, 3.63) is 59.7 Å². The summed E-state index contributed by atoms with van der Waals surface area (Å²) < 4.78 is 11.7. The first-order valence-electron chi connectivity index (χ1n) is 8.89. The third-order valence-corrected chi connectivity index (χ3v) is 3.75. The quantitative estimate of drug-likeness (QED) is 0.403. The molecule has 0 aliphatic rings. The predicted octanol–water partition coefficient (Wildman–Crippen LogP) is 1.31. The Balaban J connectivity index is 1.80. The van der Waals surface area contributed by atoms with Gasteiger partial charge in [-0.25, -0.2) is 0 Å². The molecule has 2 aromatic rings. The van der Waals surface area contributed by atoms with E-state index >= 15 is 0 Å². The molecule has 0 aliphatic heterocycles. The zero-order valence-electron chi connectivity index (χ0n) is 15.0. The summed E-state index contributed by atoms with van der Waals surface area (Å²) in [7, 11) is 0. The highest BCUT2D eigenvalue weighted by Gasteiger charge is 2.05. The molecule has 6 nitrogen and oxygen atoms in total. The van der Waals surface area contributed by atoms with E-state index in [-0.39, 0.29) is 13.2 Å². The van der Waals surface area contributed by atoms with E-state index in [2.05, 4.69) is 10.6 Å². The van der Waals surface area contributed by atoms with Crippen molar-refractivity contribution in [3.8, 4) is 11.5 Å². The number of nitrogens with one attached hydrogen (secondary N) is 2. The number of aliphatic hydroxyl groups is 2. The monoisotopic (exact) mass is 360 g/mol. The van der Waals surface area contributed by atoms with Crippen LogP contribution in [0.25, 0.3) is 0 Å². The molecular weight excluding hydrogens is 332 g/mol. The molecule has 0 spiro atoms. The van der Waals surface area contributed by atoms with E-state index in [0.717, 1.165) is 22.6 Å². The highest BCUT2D eigenvalue weighted by atomic mass is 16.5. The minimum atomic E-state index is 0.115. The number of hydrogen-bond donors (Lipinski definition) is 4. The molecule has 0 amide bonds. The minimum Gasteiger partial charge on any atom is -0.490 e. The third kappa shape index (κ3) is 7.01. The highest BCUT2D eigenvalue weighted by molar-refractivity contribution is 5.34. The van der Waals surface area contributed by atoms with Crippen molar-refractivity contribution in [2.75, 3.05) is 39.5 Å². The van der Waals surface area contributed by atoms with E-state index in [1.165, 1.54) is 0 Å². The molecule has 0 bridgehead atoms. The Bertz CT molecular complexity index is 581. The van der Waals surface area contributed by atoms with Crippen LogP contribution in [0.15, 0.2) is 48.5 Å².